The van der Waals surface area contributed by atoms with Gasteiger partial charge in [0.2, 0.25) is 0 Å². The number of hydrogen-bond donors (Lipinski definition) is 1. The second kappa shape index (κ2) is 3.85. The number of fused-ring (bicyclic) bond motifs is 1. The van der Waals surface area contributed by atoms with Gasteiger partial charge < -0.3 is 5.73 Å². The molecule has 0 spiro atoms. The van der Waals surface area contributed by atoms with Crippen molar-refractivity contribution in [2.45, 2.75) is 38.1 Å². The number of aryl methyl sites for hydroxylation is 1. The lowest BCUT2D eigenvalue weighted by molar-refractivity contribution is 0.466. The molecular formula is C16H19N. The van der Waals surface area contributed by atoms with E-state index in [2.05, 4.69) is 43.3 Å². The van der Waals surface area contributed by atoms with Crippen LogP contribution in [0, 0.1) is 6.92 Å². The van der Waals surface area contributed by atoms with Crippen molar-refractivity contribution in [2.24, 2.45) is 5.73 Å². The molecule has 2 aromatic rings. The van der Waals surface area contributed by atoms with E-state index in [4.69, 9.17) is 5.73 Å². The van der Waals surface area contributed by atoms with Gasteiger partial charge in [0.15, 0.2) is 0 Å². The molecule has 1 saturated carbocycles. The molecule has 1 heteroatoms. The highest BCUT2D eigenvalue weighted by molar-refractivity contribution is 5.87. The first-order chi connectivity index (χ1) is 8.19. The van der Waals surface area contributed by atoms with Gasteiger partial charge in [-0.1, -0.05) is 54.8 Å². The summed E-state index contributed by atoms with van der Waals surface area (Å²) in [7, 11) is 0. The summed E-state index contributed by atoms with van der Waals surface area (Å²) in [5, 5.41) is 2.65. The lowest BCUT2D eigenvalue weighted by atomic mass is 9.85. The van der Waals surface area contributed by atoms with E-state index in [-0.39, 0.29) is 5.54 Å². The maximum Gasteiger partial charge on any atom is 0.0415 e. The molecule has 0 heterocycles. The summed E-state index contributed by atoms with van der Waals surface area (Å²) in [6.07, 6.45) is 4.78. The molecule has 0 unspecified atom stereocenters. The third-order valence-corrected chi connectivity index (χ3v) is 4.07. The Kier molecular flexibility index (Phi) is 2.44. The Morgan fingerprint density at radius 3 is 2.59 bits per heavy atom. The third-order valence-electron chi connectivity index (χ3n) is 4.07. The van der Waals surface area contributed by atoms with E-state index in [0.29, 0.717) is 0 Å². The van der Waals surface area contributed by atoms with Crippen molar-refractivity contribution < 1.29 is 0 Å². The number of benzene rings is 2. The summed E-state index contributed by atoms with van der Waals surface area (Å²) in [6.45, 7) is 2.14. The summed E-state index contributed by atoms with van der Waals surface area (Å²) in [4.78, 5) is 0. The Balaban J connectivity index is 2.23. The van der Waals surface area contributed by atoms with Gasteiger partial charge in [-0.2, -0.15) is 0 Å². The van der Waals surface area contributed by atoms with Crippen LogP contribution in [-0.2, 0) is 5.54 Å². The molecule has 1 fully saturated rings. The smallest absolute Gasteiger partial charge is 0.0415 e. The number of hydrogen-bond acceptors (Lipinski definition) is 1. The molecule has 0 atom stereocenters. The molecule has 2 aromatic carbocycles. The molecule has 1 aliphatic carbocycles. The maximum absolute atomic E-state index is 6.58. The summed E-state index contributed by atoms with van der Waals surface area (Å²) in [6, 6.07) is 13.2. The Morgan fingerprint density at radius 2 is 1.82 bits per heavy atom. The average molecular weight is 225 g/mol. The normalized spacial score (nSPS) is 18.7. The molecule has 17 heavy (non-hydrogen) atoms. The zero-order valence-electron chi connectivity index (χ0n) is 10.4. The highest BCUT2D eigenvalue weighted by atomic mass is 14.8. The fourth-order valence-electron chi connectivity index (χ4n) is 3.11. The van der Waals surface area contributed by atoms with Gasteiger partial charge in [-0.25, -0.2) is 0 Å². The van der Waals surface area contributed by atoms with Crippen LogP contribution in [0.5, 0.6) is 0 Å². The summed E-state index contributed by atoms with van der Waals surface area (Å²) < 4.78 is 0. The molecule has 0 aliphatic heterocycles. The lowest BCUT2D eigenvalue weighted by Crippen LogP contribution is -2.33. The van der Waals surface area contributed by atoms with E-state index < -0.39 is 0 Å². The molecule has 0 radical (unpaired) electrons. The first-order valence-electron chi connectivity index (χ1n) is 6.48. The van der Waals surface area contributed by atoms with Crippen LogP contribution in [0.15, 0.2) is 36.4 Å². The van der Waals surface area contributed by atoms with Gasteiger partial charge in [0.1, 0.15) is 0 Å². The molecule has 0 saturated heterocycles. The summed E-state index contributed by atoms with van der Waals surface area (Å²) in [5.41, 5.74) is 9.15. The molecule has 0 amide bonds. The van der Waals surface area contributed by atoms with Crippen molar-refractivity contribution in [3.05, 3.63) is 47.5 Å². The molecule has 1 nitrogen and oxygen atoms in total. The van der Waals surface area contributed by atoms with Crippen LogP contribution in [0.4, 0.5) is 0 Å². The van der Waals surface area contributed by atoms with E-state index in [9.17, 15) is 0 Å². The lowest BCUT2D eigenvalue weighted by Gasteiger charge is -2.26. The van der Waals surface area contributed by atoms with Crippen LogP contribution in [0.1, 0.15) is 36.8 Å². The molecule has 3 rings (SSSR count). The Morgan fingerprint density at radius 1 is 1.06 bits per heavy atom. The van der Waals surface area contributed by atoms with Crippen molar-refractivity contribution in [2.75, 3.05) is 0 Å². The predicted molar refractivity (Wildman–Crippen MR) is 73.0 cm³/mol. The van der Waals surface area contributed by atoms with E-state index >= 15 is 0 Å². The quantitative estimate of drug-likeness (QED) is 0.783. The number of nitrogens with two attached hydrogens (primary N) is 1. The van der Waals surface area contributed by atoms with Crippen molar-refractivity contribution >= 4 is 10.8 Å². The molecule has 0 aromatic heterocycles. The van der Waals surface area contributed by atoms with Gasteiger partial charge in [-0.15, -0.1) is 0 Å². The predicted octanol–water partition coefficient (Wildman–Crippen LogP) is 3.88. The topological polar surface area (TPSA) is 26.0 Å². The van der Waals surface area contributed by atoms with E-state index in [1.165, 1.54) is 34.7 Å². The van der Waals surface area contributed by atoms with Gasteiger partial charge in [0.25, 0.3) is 0 Å². The fourth-order valence-corrected chi connectivity index (χ4v) is 3.11. The Labute approximate surface area is 103 Å². The molecule has 0 bridgehead atoms. The van der Waals surface area contributed by atoms with Crippen LogP contribution in [0.25, 0.3) is 10.8 Å². The molecule has 88 valence electrons. The second-order valence-corrected chi connectivity index (χ2v) is 5.39. The highest BCUT2D eigenvalue weighted by Crippen LogP contribution is 2.39. The van der Waals surface area contributed by atoms with Crippen molar-refractivity contribution in [3.63, 3.8) is 0 Å². The van der Waals surface area contributed by atoms with E-state index in [0.717, 1.165) is 12.8 Å². The first kappa shape index (κ1) is 10.8. The second-order valence-electron chi connectivity index (χ2n) is 5.39. The SMILES string of the molecule is Cc1ccc2c(C3(N)CCCC3)cccc2c1. The van der Waals surface area contributed by atoms with Gasteiger partial charge in [-0.05, 0) is 36.1 Å². The van der Waals surface area contributed by atoms with Gasteiger partial charge >= 0.3 is 0 Å². The minimum atomic E-state index is -0.0885. The monoisotopic (exact) mass is 225 g/mol. The van der Waals surface area contributed by atoms with Crippen molar-refractivity contribution in [3.8, 4) is 0 Å². The van der Waals surface area contributed by atoms with Crippen LogP contribution in [-0.4, -0.2) is 0 Å². The van der Waals surface area contributed by atoms with Crippen molar-refractivity contribution in [1.29, 1.82) is 0 Å². The summed E-state index contributed by atoms with van der Waals surface area (Å²) in [5.74, 6) is 0. The largest absolute Gasteiger partial charge is 0.321 e. The van der Waals surface area contributed by atoms with Gasteiger partial charge in [0.05, 0.1) is 0 Å². The first-order valence-corrected chi connectivity index (χ1v) is 6.48. The minimum absolute atomic E-state index is 0.0885. The molecular weight excluding hydrogens is 206 g/mol. The highest BCUT2D eigenvalue weighted by Gasteiger charge is 2.32. The van der Waals surface area contributed by atoms with Crippen LogP contribution < -0.4 is 5.73 Å². The molecule has 2 N–H and O–H groups in total. The van der Waals surface area contributed by atoms with Crippen LogP contribution in [0.2, 0.25) is 0 Å². The minimum Gasteiger partial charge on any atom is -0.321 e. The Hall–Kier alpha value is -1.34. The average Bonchev–Trinajstić information content (AvgIpc) is 2.76. The van der Waals surface area contributed by atoms with Crippen LogP contribution in [0.3, 0.4) is 0 Å². The van der Waals surface area contributed by atoms with Gasteiger partial charge in [-0.3, -0.25) is 0 Å². The zero-order chi connectivity index (χ0) is 11.9. The zero-order valence-corrected chi connectivity index (χ0v) is 10.4. The standard InChI is InChI=1S/C16H19N/c1-12-7-8-14-13(11-12)5-4-6-15(14)16(17)9-2-3-10-16/h4-8,11H,2-3,9-10,17H2,1H3. The van der Waals surface area contributed by atoms with Crippen LogP contribution >= 0.6 is 0 Å². The maximum atomic E-state index is 6.58. The third kappa shape index (κ3) is 1.75. The Bertz CT molecular complexity index is 550. The molecule has 1 aliphatic rings. The fraction of sp³-hybridized carbons (Fsp3) is 0.375. The number of rotatable bonds is 1. The van der Waals surface area contributed by atoms with Crippen molar-refractivity contribution in [1.82, 2.24) is 0 Å². The van der Waals surface area contributed by atoms with E-state index in [1.54, 1.807) is 0 Å². The summed E-state index contributed by atoms with van der Waals surface area (Å²) >= 11 is 0. The van der Waals surface area contributed by atoms with E-state index in [1.807, 2.05) is 0 Å². The van der Waals surface area contributed by atoms with Gasteiger partial charge in [0, 0.05) is 5.54 Å².